The minimum atomic E-state index is -5.42. The molecule has 0 rings (SSSR count). The number of rotatable bonds is 3. The molecule has 13 heteroatoms. The van der Waals surface area contributed by atoms with Gasteiger partial charge >= 0.3 is 16.5 Å². The van der Waals surface area contributed by atoms with Gasteiger partial charge in [-0.25, -0.2) is 0 Å². The first-order valence-corrected chi connectivity index (χ1v) is 5.85. The van der Waals surface area contributed by atoms with E-state index in [0.717, 1.165) is 0 Å². The van der Waals surface area contributed by atoms with Gasteiger partial charge in [-0.1, -0.05) is 0 Å². The fourth-order valence-electron chi connectivity index (χ4n) is 0.588. The first kappa shape index (κ1) is 17.9. The van der Waals surface area contributed by atoms with Gasteiger partial charge in [0.15, 0.2) is 0 Å². The third kappa shape index (κ3) is 8.09. The van der Waals surface area contributed by atoms with Crippen LogP contribution in [-0.4, -0.2) is 19.9 Å². The molecule has 106 valence electrons. The first-order chi connectivity index (χ1) is 7.68. The molecule has 0 unspecified atom stereocenters. The van der Waals surface area contributed by atoms with Crippen molar-refractivity contribution in [2.75, 3.05) is 0 Å². The summed E-state index contributed by atoms with van der Waals surface area (Å²) in [6.07, 6.45) is 0. The second-order valence-electron chi connectivity index (χ2n) is 2.31. The Morgan fingerprint density at radius 2 is 0.833 bits per heavy atom. The van der Waals surface area contributed by atoms with Crippen LogP contribution in [0.4, 0.5) is 39.5 Å². The zero-order valence-electron chi connectivity index (χ0n) is 7.57. The second-order valence-corrected chi connectivity index (χ2v) is 6.92. The van der Waals surface area contributed by atoms with Crippen LogP contribution in [0.3, 0.4) is 0 Å². The lowest BCUT2D eigenvalue weighted by atomic mass is 10.9. The quantitative estimate of drug-likeness (QED) is 0.537. The Labute approximate surface area is 106 Å². The zero-order chi connectivity index (χ0) is 14.8. The van der Waals surface area contributed by atoms with E-state index in [1.54, 1.807) is 0 Å². The fraction of sp³-hybridized carbons (Fsp3) is 0.800. The van der Waals surface area contributed by atoms with Crippen molar-refractivity contribution in [2.24, 2.45) is 0 Å². The lowest BCUT2D eigenvalue weighted by molar-refractivity contribution is -0.0359. The molecule has 0 spiro atoms. The molecule has 0 aromatic heterocycles. The topological polar surface area (TPSA) is 23.8 Å². The van der Waals surface area contributed by atoms with E-state index in [0.29, 0.717) is 6.07 Å². The van der Waals surface area contributed by atoms with Crippen molar-refractivity contribution < 1.29 is 39.5 Å². The molecular formula is C5F9NS3. The van der Waals surface area contributed by atoms with Gasteiger partial charge in [-0.05, 0) is 35.3 Å². The lowest BCUT2D eigenvalue weighted by Gasteiger charge is -2.26. The first-order valence-electron chi connectivity index (χ1n) is 3.40. The van der Waals surface area contributed by atoms with Crippen LogP contribution in [0.5, 0.6) is 0 Å². The summed E-state index contributed by atoms with van der Waals surface area (Å²) in [6.45, 7) is 0. The zero-order valence-corrected chi connectivity index (χ0v) is 10.0. The van der Waals surface area contributed by atoms with Gasteiger partial charge in [-0.15, -0.1) is 0 Å². The molecule has 1 nitrogen and oxygen atoms in total. The maximum atomic E-state index is 11.9. The summed E-state index contributed by atoms with van der Waals surface area (Å²) < 4.78 is 104. The highest BCUT2D eigenvalue weighted by Gasteiger charge is 2.57. The van der Waals surface area contributed by atoms with Crippen LogP contribution in [0, 0.1) is 11.3 Å². The minimum Gasteiger partial charge on any atom is -0.195 e. The highest BCUT2D eigenvalue weighted by atomic mass is 32.3. The molecule has 0 saturated carbocycles. The number of nitrogens with zero attached hydrogens (tertiary/aromatic N) is 1. The average Bonchev–Trinajstić information content (AvgIpc) is 1.93. The number of halogens is 9. The van der Waals surface area contributed by atoms with Gasteiger partial charge in [0, 0.05) is 0 Å². The van der Waals surface area contributed by atoms with E-state index in [9.17, 15) is 39.5 Å². The predicted octanol–water partition coefficient (Wildman–Crippen LogP) is 4.92. The van der Waals surface area contributed by atoms with Crippen LogP contribution in [-0.2, 0) is 0 Å². The molecular weight excluding hydrogens is 341 g/mol. The van der Waals surface area contributed by atoms with Crippen molar-refractivity contribution >= 4 is 35.3 Å². The van der Waals surface area contributed by atoms with Gasteiger partial charge in [0.1, 0.15) is 6.07 Å². The maximum Gasteiger partial charge on any atom is 0.444 e. The second kappa shape index (κ2) is 5.49. The third-order valence-electron chi connectivity index (χ3n) is 0.887. The van der Waals surface area contributed by atoms with E-state index >= 15 is 0 Å². The molecule has 0 aromatic rings. The summed E-state index contributed by atoms with van der Waals surface area (Å²) >= 11 is -5.02. The van der Waals surface area contributed by atoms with Gasteiger partial charge in [0.05, 0.1) is 0 Å². The van der Waals surface area contributed by atoms with Crippen molar-refractivity contribution in [3.8, 4) is 6.07 Å². The van der Waals surface area contributed by atoms with E-state index < -0.39 is 55.2 Å². The number of alkyl halides is 9. The predicted molar refractivity (Wildman–Crippen MR) is 49.3 cm³/mol. The minimum absolute atomic E-state index is 0.414. The van der Waals surface area contributed by atoms with Gasteiger partial charge in [0.25, 0.3) is 0 Å². The van der Waals surface area contributed by atoms with E-state index in [1.165, 1.54) is 0 Å². The molecule has 0 radical (unpaired) electrons. The lowest BCUT2D eigenvalue weighted by Crippen LogP contribution is -2.27. The Balaban J connectivity index is 5.29. The third-order valence-corrected chi connectivity index (χ3v) is 4.16. The SMILES string of the molecule is N#CC(SC(F)(F)F)(SC(F)(F)F)SC(F)(F)F. The van der Waals surface area contributed by atoms with Crippen molar-refractivity contribution in [1.29, 1.82) is 5.26 Å². The summed E-state index contributed by atoms with van der Waals surface area (Å²) in [5.74, 6) is 0. The summed E-state index contributed by atoms with van der Waals surface area (Å²) in [5, 5.41) is 8.25. The molecule has 18 heavy (non-hydrogen) atoms. The summed E-state index contributed by atoms with van der Waals surface area (Å²) in [7, 11) is 0. The molecule has 0 aliphatic carbocycles. The smallest absolute Gasteiger partial charge is 0.195 e. The molecule has 0 N–H and O–H groups in total. The maximum absolute atomic E-state index is 11.9. The monoisotopic (exact) mass is 341 g/mol. The van der Waals surface area contributed by atoms with E-state index in [2.05, 4.69) is 0 Å². The standard InChI is InChI=1S/C5F9NS3/c6-3(7,8)16-2(1-15,17-4(9,10)11)18-5(12,13)14. The molecule has 0 bridgehead atoms. The highest BCUT2D eigenvalue weighted by Crippen LogP contribution is 2.61. The Hall–Kier alpha value is -0.0900. The highest BCUT2D eigenvalue weighted by molar-refractivity contribution is 8.34. The van der Waals surface area contributed by atoms with E-state index in [-0.39, 0.29) is 0 Å². The summed E-state index contributed by atoms with van der Waals surface area (Å²) in [4.78, 5) is 0. The number of thioether (sulfide) groups is 3. The van der Waals surface area contributed by atoms with Crippen LogP contribution >= 0.6 is 35.3 Å². The van der Waals surface area contributed by atoms with Crippen molar-refractivity contribution in [1.82, 2.24) is 0 Å². The van der Waals surface area contributed by atoms with Crippen LogP contribution in [0.2, 0.25) is 0 Å². The Bertz CT molecular complexity index is 282. The summed E-state index contributed by atoms with van der Waals surface area (Å²) in [6, 6.07) is 0.414. The van der Waals surface area contributed by atoms with E-state index in [4.69, 9.17) is 5.26 Å². The molecule has 0 aliphatic heterocycles. The molecule has 0 heterocycles. The van der Waals surface area contributed by atoms with Gasteiger partial charge in [-0.2, -0.15) is 44.8 Å². The Morgan fingerprint density at radius 1 is 0.611 bits per heavy atom. The molecule has 0 fully saturated rings. The van der Waals surface area contributed by atoms with Gasteiger partial charge in [-0.3, -0.25) is 0 Å². The van der Waals surface area contributed by atoms with Gasteiger partial charge < -0.3 is 0 Å². The van der Waals surface area contributed by atoms with Crippen molar-refractivity contribution in [3.05, 3.63) is 0 Å². The molecule has 0 amide bonds. The average molecular weight is 341 g/mol. The van der Waals surface area contributed by atoms with Crippen LogP contribution in [0.25, 0.3) is 0 Å². The normalized spacial score (nSPS) is 14.4. The number of hydrogen-bond donors (Lipinski definition) is 0. The van der Waals surface area contributed by atoms with E-state index in [1.807, 2.05) is 0 Å². The fourth-order valence-corrected chi connectivity index (χ4v) is 3.84. The summed E-state index contributed by atoms with van der Waals surface area (Å²) in [5.41, 5.74) is -16.3. The van der Waals surface area contributed by atoms with Gasteiger partial charge in [0.2, 0.25) is 3.41 Å². The van der Waals surface area contributed by atoms with Crippen molar-refractivity contribution in [2.45, 2.75) is 19.9 Å². The largest absolute Gasteiger partial charge is 0.444 e. The molecule has 0 saturated heterocycles. The van der Waals surface area contributed by atoms with Crippen LogP contribution in [0.15, 0.2) is 0 Å². The van der Waals surface area contributed by atoms with Crippen molar-refractivity contribution in [3.63, 3.8) is 0 Å². The molecule has 0 aliphatic rings. The molecule has 0 atom stereocenters. The molecule has 0 aromatic carbocycles. The number of nitriles is 1. The Morgan fingerprint density at radius 3 is 0.944 bits per heavy atom. The Kier molecular flexibility index (Phi) is 5.47. The van der Waals surface area contributed by atoms with Crippen LogP contribution in [0.1, 0.15) is 0 Å². The number of hydrogen-bond acceptors (Lipinski definition) is 4. The van der Waals surface area contributed by atoms with Crippen LogP contribution < -0.4 is 0 Å².